The molecule has 0 heterocycles. The van der Waals surface area contributed by atoms with Crippen LogP contribution >= 0.6 is 0 Å². The van der Waals surface area contributed by atoms with Gasteiger partial charge in [0.25, 0.3) is 0 Å². The van der Waals surface area contributed by atoms with E-state index >= 15 is 0 Å². The molecular formula is C26H42O3Si. The lowest BCUT2D eigenvalue weighted by molar-refractivity contribution is -0.206. The predicted molar refractivity (Wildman–Crippen MR) is 124 cm³/mol. The Kier molecular flexibility index (Phi) is 5.79. The van der Waals surface area contributed by atoms with Crippen molar-refractivity contribution in [3.63, 3.8) is 0 Å². The molecule has 0 amide bonds. The van der Waals surface area contributed by atoms with Crippen LogP contribution in [0.1, 0.15) is 79.6 Å². The van der Waals surface area contributed by atoms with Crippen molar-refractivity contribution >= 4 is 14.3 Å². The first-order valence-electron chi connectivity index (χ1n) is 12.5. The van der Waals surface area contributed by atoms with Gasteiger partial charge in [-0.25, -0.2) is 0 Å². The minimum atomic E-state index is -1.73. The molecule has 4 saturated carbocycles. The molecule has 0 radical (unpaired) electrons. The molecule has 0 aromatic rings. The Bertz CT molecular complexity index is 730. The van der Waals surface area contributed by atoms with Crippen LogP contribution in [0.25, 0.3) is 0 Å². The zero-order valence-electron chi connectivity index (χ0n) is 19.9. The van der Waals surface area contributed by atoms with Gasteiger partial charge in [0.1, 0.15) is 6.10 Å². The summed E-state index contributed by atoms with van der Waals surface area (Å²) in [5, 5.41) is 0. The lowest BCUT2D eigenvalue weighted by atomic mass is 9.39. The molecule has 0 aromatic heterocycles. The van der Waals surface area contributed by atoms with Gasteiger partial charge in [-0.15, -0.1) is 0 Å². The molecule has 1 spiro atoms. The molecule has 30 heavy (non-hydrogen) atoms. The first-order valence-corrected chi connectivity index (χ1v) is 15.0. The third-order valence-electron chi connectivity index (χ3n) is 9.94. The molecule has 4 heteroatoms. The number of esters is 1. The van der Waals surface area contributed by atoms with E-state index in [1.54, 1.807) is 6.92 Å². The van der Waals surface area contributed by atoms with Gasteiger partial charge in [-0.2, -0.15) is 0 Å². The van der Waals surface area contributed by atoms with E-state index in [1.165, 1.54) is 55.1 Å². The molecule has 0 aliphatic heterocycles. The Labute approximate surface area is 184 Å². The van der Waals surface area contributed by atoms with Gasteiger partial charge < -0.3 is 9.16 Å². The Morgan fingerprint density at radius 1 is 1.20 bits per heavy atom. The van der Waals surface area contributed by atoms with Crippen molar-refractivity contribution in [1.82, 2.24) is 0 Å². The molecule has 0 aromatic carbocycles. The Balaban J connectivity index is 1.72. The molecule has 5 aliphatic rings. The third kappa shape index (κ3) is 3.24. The molecule has 2 bridgehead atoms. The fraction of sp³-hybridized carbons (Fsp3) is 0.808. The fourth-order valence-electron chi connectivity index (χ4n) is 7.94. The van der Waals surface area contributed by atoms with E-state index in [9.17, 15) is 4.79 Å². The Morgan fingerprint density at radius 3 is 2.50 bits per heavy atom. The van der Waals surface area contributed by atoms with Crippen molar-refractivity contribution in [3.05, 3.63) is 24.0 Å². The first-order chi connectivity index (χ1) is 14.2. The van der Waals surface area contributed by atoms with E-state index in [4.69, 9.17) is 9.16 Å². The van der Waals surface area contributed by atoms with E-state index in [-0.39, 0.29) is 22.9 Å². The summed E-state index contributed by atoms with van der Waals surface area (Å²) in [6.45, 7) is 15.5. The van der Waals surface area contributed by atoms with Gasteiger partial charge in [0.05, 0.1) is 5.76 Å². The molecule has 4 fully saturated rings. The summed E-state index contributed by atoms with van der Waals surface area (Å²) >= 11 is 0. The number of rotatable bonds is 6. The highest BCUT2D eigenvalue weighted by Gasteiger charge is 2.66. The standard InChI is InChI=1S/C26H42O3Si/c1-7-30(8-2,9-3)29-22-11-10-13-25(6)21(22)16-24(28-19(5)27)26-14-12-20(15-23(25)26)18(4)17-26/h11,20-21,23-24H,4,7-10,12-17H2,1-3,5-6H3/t20-,21+,23-,24-,25+,26+/m0/s1. The molecule has 5 rings (SSSR count). The van der Waals surface area contributed by atoms with Crippen LogP contribution in [0.15, 0.2) is 24.0 Å². The van der Waals surface area contributed by atoms with E-state index in [0.717, 1.165) is 19.3 Å². The number of carbonyl (C=O) groups is 1. The van der Waals surface area contributed by atoms with Crippen molar-refractivity contribution in [2.75, 3.05) is 0 Å². The fourth-order valence-corrected chi connectivity index (χ4v) is 10.6. The van der Waals surface area contributed by atoms with Gasteiger partial charge in [-0.1, -0.05) is 39.8 Å². The zero-order chi connectivity index (χ0) is 21.7. The highest BCUT2D eigenvalue weighted by molar-refractivity contribution is 6.73. The lowest BCUT2D eigenvalue weighted by Gasteiger charge is -2.67. The summed E-state index contributed by atoms with van der Waals surface area (Å²) in [6, 6.07) is 3.51. The van der Waals surface area contributed by atoms with Crippen LogP contribution in [-0.4, -0.2) is 20.4 Å². The molecule has 168 valence electrons. The number of hydrogen-bond acceptors (Lipinski definition) is 3. The van der Waals surface area contributed by atoms with Gasteiger partial charge >= 0.3 is 5.97 Å². The van der Waals surface area contributed by atoms with Crippen molar-refractivity contribution in [3.8, 4) is 0 Å². The summed E-state index contributed by atoms with van der Waals surface area (Å²) in [5.41, 5.74) is 1.75. The second kappa shape index (κ2) is 7.83. The minimum absolute atomic E-state index is 0.00196. The van der Waals surface area contributed by atoms with Crippen molar-refractivity contribution in [1.29, 1.82) is 0 Å². The summed E-state index contributed by atoms with van der Waals surface area (Å²) in [4.78, 5) is 12.1. The van der Waals surface area contributed by atoms with E-state index in [0.29, 0.717) is 17.8 Å². The van der Waals surface area contributed by atoms with Gasteiger partial charge in [-0.05, 0) is 86.4 Å². The number of ether oxygens (including phenoxy) is 1. The second-order valence-electron chi connectivity index (χ2n) is 11.0. The summed E-state index contributed by atoms with van der Waals surface area (Å²) < 4.78 is 13.2. The lowest BCUT2D eigenvalue weighted by Crippen LogP contribution is -2.63. The number of allylic oxidation sites excluding steroid dienone is 3. The van der Waals surface area contributed by atoms with Gasteiger partial charge in [0.2, 0.25) is 8.32 Å². The predicted octanol–water partition coefficient (Wildman–Crippen LogP) is 7.01. The van der Waals surface area contributed by atoms with Crippen LogP contribution in [0.2, 0.25) is 18.1 Å². The van der Waals surface area contributed by atoms with Crippen LogP contribution in [0, 0.1) is 28.6 Å². The van der Waals surface area contributed by atoms with Crippen LogP contribution in [0.3, 0.4) is 0 Å². The third-order valence-corrected chi connectivity index (χ3v) is 14.5. The normalized spacial score (nSPS) is 40.3. The zero-order valence-corrected chi connectivity index (χ0v) is 20.9. The highest BCUT2D eigenvalue weighted by atomic mass is 28.4. The Hall–Kier alpha value is -1.03. The van der Waals surface area contributed by atoms with Gasteiger partial charge in [0, 0.05) is 18.3 Å². The topological polar surface area (TPSA) is 35.5 Å². The molecule has 5 aliphatic carbocycles. The number of carbonyl (C=O) groups excluding carboxylic acids is 1. The molecule has 3 nitrogen and oxygen atoms in total. The van der Waals surface area contributed by atoms with E-state index in [1.807, 2.05) is 0 Å². The summed E-state index contributed by atoms with van der Waals surface area (Å²) in [5.74, 6) is 2.78. The first kappa shape index (κ1) is 22.2. The molecule has 0 saturated heterocycles. The molecule has 0 N–H and O–H groups in total. The molecule has 6 atom stereocenters. The van der Waals surface area contributed by atoms with Crippen molar-refractivity contribution in [2.24, 2.45) is 28.6 Å². The largest absolute Gasteiger partial charge is 0.547 e. The molecular weight excluding hydrogens is 388 g/mol. The van der Waals surface area contributed by atoms with E-state index in [2.05, 4.69) is 40.3 Å². The quantitative estimate of drug-likeness (QED) is 0.258. The van der Waals surface area contributed by atoms with E-state index < -0.39 is 8.32 Å². The van der Waals surface area contributed by atoms with Gasteiger partial charge in [0.15, 0.2) is 0 Å². The highest BCUT2D eigenvalue weighted by Crippen LogP contribution is 2.70. The van der Waals surface area contributed by atoms with Crippen LogP contribution in [0.4, 0.5) is 0 Å². The maximum Gasteiger partial charge on any atom is 0.302 e. The average molecular weight is 431 g/mol. The minimum Gasteiger partial charge on any atom is -0.547 e. The summed E-state index contributed by atoms with van der Waals surface area (Å²) in [7, 11) is -1.73. The smallest absolute Gasteiger partial charge is 0.302 e. The van der Waals surface area contributed by atoms with Crippen molar-refractivity contribution in [2.45, 2.75) is 104 Å². The van der Waals surface area contributed by atoms with Crippen LogP contribution < -0.4 is 0 Å². The molecule has 0 unspecified atom stereocenters. The maximum absolute atomic E-state index is 12.1. The second-order valence-corrected chi connectivity index (χ2v) is 15.7. The maximum atomic E-state index is 12.1. The Morgan fingerprint density at radius 2 is 1.90 bits per heavy atom. The number of fused-ring (bicyclic) bond motifs is 3. The monoisotopic (exact) mass is 430 g/mol. The van der Waals surface area contributed by atoms with Gasteiger partial charge in [-0.3, -0.25) is 4.79 Å². The summed E-state index contributed by atoms with van der Waals surface area (Å²) in [6.07, 6.45) is 10.4. The van der Waals surface area contributed by atoms with Crippen LogP contribution in [-0.2, 0) is 14.0 Å². The van der Waals surface area contributed by atoms with Crippen molar-refractivity contribution < 1.29 is 14.0 Å². The SMILES string of the molecule is C=C1C[C@]23CC[C@H]1C[C@H]2[C@]1(C)CCC=C(O[Si](CC)(CC)CC)[C@H]1C[C@@H]3OC(C)=O. The van der Waals surface area contributed by atoms with Crippen LogP contribution in [0.5, 0.6) is 0 Å². The number of hydrogen-bond donors (Lipinski definition) is 0. The average Bonchev–Trinajstić information content (AvgIpc) is 2.73.